The van der Waals surface area contributed by atoms with Crippen molar-refractivity contribution in [1.29, 1.82) is 0 Å². The molecule has 0 spiro atoms. The van der Waals surface area contributed by atoms with E-state index >= 15 is 0 Å². The third-order valence-corrected chi connectivity index (χ3v) is 3.46. The van der Waals surface area contributed by atoms with E-state index in [1.807, 2.05) is 30.3 Å². The van der Waals surface area contributed by atoms with E-state index in [2.05, 4.69) is 43.0 Å². The third kappa shape index (κ3) is 4.21. The summed E-state index contributed by atoms with van der Waals surface area (Å²) in [7, 11) is 1.75. The Balaban J connectivity index is 2.31. The summed E-state index contributed by atoms with van der Waals surface area (Å²) < 4.78 is 5.72. The summed E-state index contributed by atoms with van der Waals surface area (Å²) in [4.78, 5) is 0. The van der Waals surface area contributed by atoms with Crippen molar-refractivity contribution < 1.29 is 4.74 Å². The average molecular weight is 278 g/mol. The lowest BCUT2D eigenvalue weighted by molar-refractivity contribution is 0.136. The van der Waals surface area contributed by atoms with Crippen molar-refractivity contribution in [1.82, 2.24) is 0 Å². The summed E-state index contributed by atoms with van der Waals surface area (Å²) in [6, 6.07) is 18.5. The van der Waals surface area contributed by atoms with Crippen molar-refractivity contribution in [3.63, 3.8) is 0 Å². The maximum atomic E-state index is 5.72. The van der Waals surface area contributed by atoms with E-state index in [9.17, 15) is 0 Å². The number of ether oxygens (including phenoxy) is 1. The Labute approximate surface area is 128 Å². The molecule has 2 aromatic carbocycles. The minimum absolute atomic E-state index is 0.0668. The molecule has 0 aliphatic heterocycles. The Kier molecular flexibility index (Phi) is 6.06. The van der Waals surface area contributed by atoms with Gasteiger partial charge in [0, 0.05) is 24.7 Å². The van der Waals surface area contributed by atoms with Crippen LogP contribution in [0, 0.1) is 11.8 Å². The average Bonchev–Trinajstić information content (AvgIpc) is 2.55. The van der Waals surface area contributed by atoms with Crippen LogP contribution in [0.25, 0.3) is 0 Å². The van der Waals surface area contributed by atoms with Crippen LogP contribution in [-0.4, -0.2) is 7.11 Å². The Bertz CT molecular complexity index is 604. The van der Waals surface area contributed by atoms with Crippen molar-refractivity contribution in [3.05, 3.63) is 71.3 Å². The van der Waals surface area contributed by atoms with E-state index < -0.39 is 0 Å². The van der Waals surface area contributed by atoms with Gasteiger partial charge in [0.25, 0.3) is 0 Å². The molecule has 0 fully saturated rings. The van der Waals surface area contributed by atoms with Crippen LogP contribution in [0.5, 0.6) is 0 Å². The van der Waals surface area contributed by atoms with E-state index in [-0.39, 0.29) is 6.10 Å². The molecule has 0 saturated heterocycles. The normalized spacial score (nSPS) is 11.5. The molecular formula is C20H22O. The largest absolute Gasteiger partial charge is 0.372 e. The Morgan fingerprint density at radius 3 is 2.43 bits per heavy atom. The second kappa shape index (κ2) is 8.29. The van der Waals surface area contributed by atoms with E-state index in [0.717, 1.165) is 29.5 Å². The first-order valence-corrected chi connectivity index (χ1v) is 7.52. The predicted molar refractivity (Wildman–Crippen MR) is 88.1 cm³/mol. The highest BCUT2D eigenvalue weighted by atomic mass is 16.5. The lowest BCUT2D eigenvalue weighted by Crippen LogP contribution is -2.05. The zero-order valence-electron chi connectivity index (χ0n) is 12.8. The van der Waals surface area contributed by atoms with E-state index in [1.165, 1.54) is 6.42 Å². The second-order valence-corrected chi connectivity index (χ2v) is 5.02. The SMILES string of the molecule is CCCCC#Cc1ccccc1C(OC)c1ccccc1. The number of methoxy groups -OCH3 is 1. The van der Waals surface area contributed by atoms with E-state index in [4.69, 9.17) is 4.74 Å². The lowest BCUT2D eigenvalue weighted by atomic mass is 9.97. The first kappa shape index (κ1) is 15.4. The van der Waals surface area contributed by atoms with Crippen molar-refractivity contribution >= 4 is 0 Å². The number of rotatable bonds is 5. The number of hydrogen-bond donors (Lipinski definition) is 0. The van der Waals surface area contributed by atoms with Gasteiger partial charge in [-0.1, -0.05) is 73.7 Å². The number of hydrogen-bond acceptors (Lipinski definition) is 1. The van der Waals surface area contributed by atoms with Gasteiger partial charge in [-0.3, -0.25) is 0 Å². The molecule has 0 aromatic heterocycles. The molecule has 0 radical (unpaired) electrons. The maximum Gasteiger partial charge on any atom is 0.108 e. The molecule has 0 saturated carbocycles. The zero-order valence-corrected chi connectivity index (χ0v) is 12.8. The topological polar surface area (TPSA) is 9.23 Å². The standard InChI is InChI=1S/C20H22O/c1-3-4-5-7-12-17-13-10-11-16-19(17)20(21-2)18-14-8-6-9-15-18/h6,8-11,13-16,20H,3-5H2,1-2H3. The molecule has 0 amide bonds. The molecule has 1 heteroatoms. The minimum atomic E-state index is -0.0668. The molecule has 21 heavy (non-hydrogen) atoms. The van der Waals surface area contributed by atoms with Crippen LogP contribution in [0.4, 0.5) is 0 Å². The van der Waals surface area contributed by atoms with Gasteiger partial charge in [0.15, 0.2) is 0 Å². The van der Waals surface area contributed by atoms with Crippen LogP contribution in [0.15, 0.2) is 54.6 Å². The van der Waals surface area contributed by atoms with Crippen molar-refractivity contribution in [3.8, 4) is 11.8 Å². The molecule has 108 valence electrons. The molecule has 0 aliphatic carbocycles. The van der Waals surface area contributed by atoms with E-state index in [1.54, 1.807) is 7.11 Å². The summed E-state index contributed by atoms with van der Waals surface area (Å²) in [6.45, 7) is 2.19. The van der Waals surface area contributed by atoms with Crippen molar-refractivity contribution in [2.45, 2.75) is 32.3 Å². The van der Waals surface area contributed by atoms with Gasteiger partial charge in [0.2, 0.25) is 0 Å². The zero-order chi connectivity index (χ0) is 14.9. The first-order valence-electron chi connectivity index (χ1n) is 7.52. The molecular weight excluding hydrogens is 256 g/mol. The lowest BCUT2D eigenvalue weighted by Gasteiger charge is -2.17. The molecule has 2 aromatic rings. The van der Waals surface area contributed by atoms with Gasteiger partial charge in [-0.15, -0.1) is 0 Å². The van der Waals surface area contributed by atoms with Crippen LogP contribution >= 0.6 is 0 Å². The van der Waals surface area contributed by atoms with Crippen LogP contribution in [-0.2, 0) is 4.74 Å². The van der Waals surface area contributed by atoms with Gasteiger partial charge < -0.3 is 4.74 Å². The summed E-state index contributed by atoms with van der Waals surface area (Å²) in [5.74, 6) is 6.57. The number of unbranched alkanes of at least 4 members (excludes halogenated alkanes) is 2. The van der Waals surface area contributed by atoms with Gasteiger partial charge >= 0.3 is 0 Å². The Morgan fingerprint density at radius 2 is 1.71 bits per heavy atom. The summed E-state index contributed by atoms with van der Waals surface area (Å²) in [5.41, 5.74) is 3.35. The molecule has 0 heterocycles. The number of benzene rings is 2. The molecule has 0 bridgehead atoms. The van der Waals surface area contributed by atoms with Gasteiger partial charge in [-0.2, -0.15) is 0 Å². The van der Waals surface area contributed by atoms with Crippen molar-refractivity contribution in [2.24, 2.45) is 0 Å². The Hall–Kier alpha value is -2.04. The third-order valence-electron chi connectivity index (χ3n) is 3.46. The highest BCUT2D eigenvalue weighted by molar-refractivity contribution is 5.45. The van der Waals surface area contributed by atoms with Crippen molar-refractivity contribution in [2.75, 3.05) is 7.11 Å². The van der Waals surface area contributed by atoms with Gasteiger partial charge in [0.05, 0.1) is 0 Å². The molecule has 2 rings (SSSR count). The van der Waals surface area contributed by atoms with E-state index in [0.29, 0.717) is 0 Å². The van der Waals surface area contributed by atoms with Crippen LogP contribution in [0.2, 0.25) is 0 Å². The minimum Gasteiger partial charge on any atom is -0.372 e. The highest BCUT2D eigenvalue weighted by Crippen LogP contribution is 2.27. The summed E-state index contributed by atoms with van der Waals surface area (Å²) >= 11 is 0. The fourth-order valence-corrected chi connectivity index (χ4v) is 2.33. The molecule has 0 aliphatic rings. The van der Waals surface area contributed by atoms with Gasteiger partial charge in [0.1, 0.15) is 6.10 Å². The van der Waals surface area contributed by atoms with Crippen LogP contribution in [0.1, 0.15) is 49.0 Å². The molecule has 0 N–H and O–H groups in total. The second-order valence-electron chi connectivity index (χ2n) is 5.02. The monoisotopic (exact) mass is 278 g/mol. The first-order chi connectivity index (χ1) is 10.4. The summed E-state index contributed by atoms with van der Waals surface area (Å²) in [5, 5.41) is 0. The fraction of sp³-hybridized carbons (Fsp3) is 0.300. The predicted octanol–water partition coefficient (Wildman–Crippen LogP) is 4.96. The highest BCUT2D eigenvalue weighted by Gasteiger charge is 2.15. The fourth-order valence-electron chi connectivity index (χ4n) is 2.33. The van der Waals surface area contributed by atoms with Gasteiger partial charge in [-0.05, 0) is 18.1 Å². The summed E-state index contributed by atoms with van der Waals surface area (Å²) in [6.07, 6.45) is 3.22. The van der Waals surface area contributed by atoms with Crippen LogP contribution in [0.3, 0.4) is 0 Å². The molecule has 1 nitrogen and oxygen atoms in total. The van der Waals surface area contributed by atoms with Gasteiger partial charge in [-0.25, -0.2) is 0 Å². The molecule has 1 atom stereocenters. The van der Waals surface area contributed by atoms with Crippen LogP contribution < -0.4 is 0 Å². The molecule has 1 unspecified atom stereocenters. The Morgan fingerprint density at radius 1 is 1.00 bits per heavy atom. The smallest absolute Gasteiger partial charge is 0.108 e. The maximum absolute atomic E-state index is 5.72. The quantitative estimate of drug-likeness (QED) is 0.554.